The van der Waals surface area contributed by atoms with Crippen molar-refractivity contribution in [1.29, 1.82) is 0 Å². The van der Waals surface area contributed by atoms with Crippen LogP contribution in [0.4, 0.5) is 0 Å². The lowest BCUT2D eigenvalue weighted by atomic mass is 9.77. The van der Waals surface area contributed by atoms with Crippen LogP contribution in [0.2, 0.25) is 0 Å². The van der Waals surface area contributed by atoms with Crippen LogP contribution >= 0.6 is 11.8 Å². The van der Waals surface area contributed by atoms with Crippen molar-refractivity contribution in [2.45, 2.75) is 44.0 Å². The molecule has 0 radical (unpaired) electrons. The number of hydrogen-bond acceptors (Lipinski definition) is 5. The average Bonchev–Trinajstić information content (AvgIpc) is 2.41. The van der Waals surface area contributed by atoms with Gasteiger partial charge in [0.15, 0.2) is 9.84 Å². The molecule has 4 atom stereocenters. The number of nitrogens with zero attached hydrogens (tertiary/aromatic N) is 1. The van der Waals surface area contributed by atoms with Gasteiger partial charge < -0.3 is 5.73 Å². The maximum Gasteiger partial charge on any atom is 0.164 e. The fourth-order valence-corrected chi connectivity index (χ4v) is 6.44. The maximum atomic E-state index is 12.0. The number of nitrogens with two attached hydrogens (primary N) is 1. The van der Waals surface area contributed by atoms with Gasteiger partial charge in [-0.15, -0.1) is 0 Å². The molecule has 2 rings (SSSR count). The third-order valence-electron chi connectivity index (χ3n) is 4.88. The lowest BCUT2D eigenvalue weighted by molar-refractivity contribution is 0.152. The highest BCUT2D eigenvalue weighted by Crippen LogP contribution is 2.32. The minimum absolute atomic E-state index is 0.243. The Labute approximate surface area is 127 Å². The Hall–Kier alpha value is 0.220. The largest absolute Gasteiger partial charge is 0.327 e. The van der Waals surface area contributed by atoms with E-state index >= 15 is 0 Å². The number of hydrogen-bond donors (Lipinski definition) is 1. The molecule has 0 aromatic heterocycles. The van der Waals surface area contributed by atoms with Gasteiger partial charge in [0.05, 0.1) is 0 Å². The first-order chi connectivity index (χ1) is 9.41. The summed E-state index contributed by atoms with van der Waals surface area (Å²) in [5.41, 5.74) is 6.29. The molecule has 0 aromatic rings. The molecule has 1 saturated heterocycles. The molecule has 1 aliphatic heterocycles. The van der Waals surface area contributed by atoms with Crippen molar-refractivity contribution in [3.63, 3.8) is 0 Å². The molecule has 0 bridgehead atoms. The maximum absolute atomic E-state index is 12.0. The smallest absolute Gasteiger partial charge is 0.164 e. The highest BCUT2D eigenvalue weighted by Gasteiger charge is 2.35. The Bertz CT molecular complexity index is 413. The minimum Gasteiger partial charge on any atom is -0.327 e. The molecule has 0 spiro atoms. The van der Waals surface area contributed by atoms with Crippen LogP contribution in [0.25, 0.3) is 0 Å². The van der Waals surface area contributed by atoms with Gasteiger partial charge >= 0.3 is 0 Å². The number of sulfone groups is 1. The molecule has 1 heterocycles. The molecular formula is C14H28N2O2S2. The summed E-state index contributed by atoms with van der Waals surface area (Å²) in [4.78, 5) is 2.17. The molecule has 1 saturated carbocycles. The molecule has 4 nitrogen and oxygen atoms in total. The van der Waals surface area contributed by atoms with Crippen LogP contribution in [-0.2, 0) is 9.84 Å². The Morgan fingerprint density at radius 2 is 2.10 bits per heavy atom. The SMILES string of the molecule is CCC1CCC(N)C(CN2CCSCC2S(C)(=O)=O)C1. The molecule has 6 heteroatoms. The third kappa shape index (κ3) is 4.12. The van der Waals surface area contributed by atoms with E-state index in [2.05, 4.69) is 11.8 Å². The molecule has 20 heavy (non-hydrogen) atoms. The number of thioether (sulfide) groups is 1. The second kappa shape index (κ2) is 6.99. The van der Waals surface area contributed by atoms with Gasteiger partial charge in [0, 0.05) is 36.9 Å². The van der Waals surface area contributed by atoms with Crippen molar-refractivity contribution >= 4 is 21.6 Å². The summed E-state index contributed by atoms with van der Waals surface area (Å²) in [5.74, 6) is 2.97. The molecule has 118 valence electrons. The van der Waals surface area contributed by atoms with Crippen molar-refractivity contribution < 1.29 is 8.42 Å². The molecule has 4 unspecified atom stereocenters. The van der Waals surface area contributed by atoms with E-state index in [1.54, 1.807) is 11.8 Å². The summed E-state index contributed by atoms with van der Waals surface area (Å²) < 4.78 is 23.9. The molecular weight excluding hydrogens is 292 g/mol. The molecule has 1 aliphatic carbocycles. The van der Waals surface area contributed by atoms with Gasteiger partial charge in [-0.2, -0.15) is 11.8 Å². The van der Waals surface area contributed by atoms with Gasteiger partial charge in [-0.1, -0.05) is 13.3 Å². The Morgan fingerprint density at radius 1 is 1.35 bits per heavy atom. The summed E-state index contributed by atoms with van der Waals surface area (Å²) in [5, 5.41) is -0.310. The first-order valence-corrected chi connectivity index (χ1v) is 10.8. The van der Waals surface area contributed by atoms with Crippen LogP contribution in [0.1, 0.15) is 32.6 Å². The second-order valence-corrected chi connectivity index (χ2v) is 9.72. The lowest BCUT2D eigenvalue weighted by Crippen LogP contribution is -2.51. The highest BCUT2D eigenvalue weighted by atomic mass is 32.2. The van der Waals surface area contributed by atoms with Gasteiger partial charge in [0.25, 0.3) is 0 Å². The average molecular weight is 321 g/mol. The van der Waals surface area contributed by atoms with Crippen LogP contribution in [0, 0.1) is 11.8 Å². The molecule has 2 aliphatic rings. The number of rotatable bonds is 4. The van der Waals surface area contributed by atoms with Gasteiger partial charge in [-0.05, 0) is 31.1 Å². The van der Waals surface area contributed by atoms with E-state index < -0.39 is 9.84 Å². The van der Waals surface area contributed by atoms with Crippen molar-refractivity contribution in [2.24, 2.45) is 17.6 Å². The summed E-state index contributed by atoms with van der Waals surface area (Å²) in [6.45, 7) is 3.98. The topological polar surface area (TPSA) is 63.4 Å². The predicted octanol–water partition coefficient (Wildman–Crippen LogP) is 1.56. The summed E-state index contributed by atoms with van der Waals surface area (Å²) in [7, 11) is -3.00. The molecule has 2 N–H and O–H groups in total. The van der Waals surface area contributed by atoms with Gasteiger partial charge in [0.2, 0.25) is 0 Å². The van der Waals surface area contributed by atoms with Crippen LogP contribution in [-0.4, -0.2) is 55.6 Å². The first kappa shape index (κ1) is 16.6. The van der Waals surface area contributed by atoms with Crippen LogP contribution in [0.3, 0.4) is 0 Å². The standard InChI is InChI=1S/C14H28N2O2S2/c1-3-11-4-5-13(15)12(8-11)9-16-6-7-19-10-14(16)20(2,17)18/h11-14H,3-10,15H2,1-2H3. The van der Waals surface area contributed by atoms with Crippen molar-refractivity contribution in [3.05, 3.63) is 0 Å². The first-order valence-electron chi connectivity index (χ1n) is 7.68. The monoisotopic (exact) mass is 320 g/mol. The zero-order chi connectivity index (χ0) is 14.8. The van der Waals surface area contributed by atoms with Crippen molar-refractivity contribution in [1.82, 2.24) is 4.90 Å². The van der Waals surface area contributed by atoms with E-state index in [4.69, 9.17) is 5.73 Å². The van der Waals surface area contributed by atoms with Crippen molar-refractivity contribution in [3.8, 4) is 0 Å². The van der Waals surface area contributed by atoms with Crippen LogP contribution in [0.15, 0.2) is 0 Å². The zero-order valence-electron chi connectivity index (χ0n) is 12.6. The predicted molar refractivity (Wildman–Crippen MR) is 86.6 cm³/mol. The van der Waals surface area contributed by atoms with Crippen LogP contribution in [0.5, 0.6) is 0 Å². The Kier molecular flexibility index (Phi) is 5.79. The summed E-state index contributed by atoms with van der Waals surface area (Å²) in [6.07, 6.45) is 6.08. The summed E-state index contributed by atoms with van der Waals surface area (Å²) >= 11 is 1.75. The van der Waals surface area contributed by atoms with E-state index in [1.807, 2.05) is 0 Å². The van der Waals surface area contributed by atoms with E-state index in [-0.39, 0.29) is 11.4 Å². The molecule has 2 fully saturated rings. The van der Waals surface area contributed by atoms with E-state index in [1.165, 1.54) is 19.1 Å². The molecule has 0 amide bonds. The van der Waals surface area contributed by atoms with Crippen molar-refractivity contribution in [2.75, 3.05) is 30.9 Å². The van der Waals surface area contributed by atoms with E-state index in [0.717, 1.165) is 37.6 Å². The fourth-order valence-electron chi connectivity index (χ4n) is 3.49. The minimum atomic E-state index is -3.00. The zero-order valence-corrected chi connectivity index (χ0v) is 14.3. The highest BCUT2D eigenvalue weighted by molar-refractivity contribution is 8.00. The van der Waals surface area contributed by atoms with E-state index in [0.29, 0.717) is 11.7 Å². The Balaban J connectivity index is 2.02. The fraction of sp³-hybridized carbons (Fsp3) is 1.00. The van der Waals surface area contributed by atoms with Gasteiger partial charge in [-0.3, -0.25) is 4.90 Å². The Morgan fingerprint density at radius 3 is 2.75 bits per heavy atom. The normalized spacial score (nSPS) is 37.0. The second-order valence-electron chi connectivity index (χ2n) is 6.37. The quantitative estimate of drug-likeness (QED) is 0.852. The van der Waals surface area contributed by atoms with Gasteiger partial charge in [-0.25, -0.2) is 8.42 Å². The van der Waals surface area contributed by atoms with Gasteiger partial charge in [0.1, 0.15) is 5.37 Å². The third-order valence-corrected chi connectivity index (χ3v) is 7.57. The van der Waals surface area contributed by atoms with Crippen LogP contribution < -0.4 is 5.73 Å². The lowest BCUT2D eigenvalue weighted by Gasteiger charge is -2.41. The summed E-state index contributed by atoms with van der Waals surface area (Å²) in [6, 6.07) is 0.243. The molecule has 0 aromatic carbocycles. The van der Waals surface area contributed by atoms with E-state index in [9.17, 15) is 8.42 Å².